The number of rotatable bonds is 1. The molecule has 0 aliphatic carbocycles. The number of aromatic amines is 1. The fourth-order valence-corrected chi connectivity index (χ4v) is 2.26. The van der Waals surface area contributed by atoms with E-state index in [0.717, 1.165) is 13.0 Å². The second kappa shape index (κ2) is 3.70. The van der Waals surface area contributed by atoms with Gasteiger partial charge in [-0.2, -0.15) is 0 Å². The predicted molar refractivity (Wildman–Crippen MR) is 60.8 cm³/mol. The molecule has 1 aromatic carbocycles. The van der Waals surface area contributed by atoms with Crippen LogP contribution in [0.1, 0.15) is 31.1 Å². The first-order chi connectivity index (χ1) is 7.43. The molecule has 1 saturated heterocycles. The van der Waals surface area contributed by atoms with E-state index < -0.39 is 0 Å². The highest BCUT2D eigenvalue weighted by Gasteiger charge is 2.17. The molecule has 0 amide bonds. The molecule has 1 unspecified atom stereocenters. The van der Waals surface area contributed by atoms with Gasteiger partial charge < -0.3 is 9.72 Å². The van der Waals surface area contributed by atoms with Gasteiger partial charge in [-0.05, 0) is 36.8 Å². The van der Waals surface area contributed by atoms with Gasteiger partial charge in [0.2, 0.25) is 0 Å². The minimum absolute atomic E-state index is 0.283. The summed E-state index contributed by atoms with van der Waals surface area (Å²) in [5, 5.41) is 1.28. The van der Waals surface area contributed by atoms with Crippen LogP contribution in [0, 0.1) is 0 Å². The van der Waals surface area contributed by atoms with Crippen LogP contribution >= 0.6 is 0 Å². The maximum Gasteiger partial charge on any atom is 0.0972 e. The molecule has 1 aliphatic heterocycles. The summed E-state index contributed by atoms with van der Waals surface area (Å²) in [5.41, 5.74) is 2.44. The smallest absolute Gasteiger partial charge is 0.0972 e. The SMILES string of the molecule is c1ccc2[nH]c(C3CCCCO3)cc2c1. The summed E-state index contributed by atoms with van der Waals surface area (Å²) in [5.74, 6) is 0. The number of aromatic nitrogens is 1. The fourth-order valence-electron chi connectivity index (χ4n) is 2.26. The molecular weight excluding hydrogens is 186 g/mol. The lowest BCUT2D eigenvalue weighted by atomic mass is 10.1. The number of nitrogens with one attached hydrogen (secondary N) is 1. The molecule has 78 valence electrons. The average Bonchev–Trinajstić information content (AvgIpc) is 2.74. The van der Waals surface area contributed by atoms with Crippen LogP contribution in [-0.4, -0.2) is 11.6 Å². The standard InChI is InChI=1S/C13H15NO/c1-2-6-11-10(5-1)9-12(14-11)13-7-3-4-8-15-13/h1-2,5-6,9,13-14H,3-4,7-8H2. The lowest BCUT2D eigenvalue weighted by molar-refractivity contribution is 0.0127. The van der Waals surface area contributed by atoms with Gasteiger partial charge in [0.25, 0.3) is 0 Å². The maximum atomic E-state index is 5.76. The molecule has 1 N–H and O–H groups in total. The van der Waals surface area contributed by atoms with E-state index >= 15 is 0 Å². The first kappa shape index (κ1) is 8.98. The van der Waals surface area contributed by atoms with E-state index in [1.807, 2.05) is 0 Å². The summed E-state index contributed by atoms with van der Waals surface area (Å²) in [7, 11) is 0. The molecule has 2 nitrogen and oxygen atoms in total. The van der Waals surface area contributed by atoms with E-state index in [0.29, 0.717) is 0 Å². The van der Waals surface area contributed by atoms with Gasteiger partial charge in [-0.25, -0.2) is 0 Å². The van der Waals surface area contributed by atoms with Crippen molar-refractivity contribution in [2.75, 3.05) is 6.61 Å². The third-order valence-electron chi connectivity index (χ3n) is 3.08. The van der Waals surface area contributed by atoms with Crippen molar-refractivity contribution >= 4 is 10.9 Å². The van der Waals surface area contributed by atoms with Crippen LogP contribution in [-0.2, 0) is 4.74 Å². The Morgan fingerprint density at radius 1 is 1.20 bits per heavy atom. The molecule has 3 rings (SSSR count). The Hall–Kier alpha value is -1.28. The van der Waals surface area contributed by atoms with Gasteiger partial charge in [0.15, 0.2) is 0 Å². The predicted octanol–water partition coefficient (Wildman–Crippen LogP) is 3.41. The van der Waals surface area contributed by atoms with Crippen molar-refractivity contribution in [3.63, 3.8) is 0 Å². The van der Waals surface area contributed by atoms with E-state index in [1.54, 1.807) is 0 Å². The van der Waals surface area contributed by atoms with Crippen LogP contribution in [0.3, 0.4) is 0 Å². The Labute approximate surface area is 89.3 Å². The molecule has 1 aromatic heterocycles. The summed E-state index contributed by atoms with van der Waals surface area (Å²) in [6.07, 6.45) is 3.91. The zero-order valence-corrected chi connectivity index (χ0v) is 8.70. The number of hydrogen-bond acceptors (Lipinski definition) is 1. The van der Waals surface area contributed by atoms with E-state index in [9.17, 15) is 0 Å². The van der Waals surface area contributed by atoms with Gasteiger partial charge in [-0.1, -0.05) is 18.2 Å². The monoisotopic (exact) mass is 201 g/mol. The maximum absolute atomic E-state index is 5.76. The van der Waals surface area contributed by atoms with Gasteiger partial charge in [0.1, 0.15) is 0 Å². The van der Waals surface area contributed by atoms with Gasteiger partial charge in [0.05, 0.1) is 6.10 Å². The van der Waals surface area contributed by atoms with Gasteiger partial charge in [0, 0.05) is 17.8 Å². The molecule has 0 bridgehead atoms. The highest BCUT2D eigenvalue weighted by Crippen LogP contribution is 2.29. The molecular formula is C13H15NO. The fraction of sp³-hybridized carbons (Fsp3) is 0.385. The third kappa shape index (κ3) is 1.65. The van der Waals surface area contributed by atoms with Crippen LogP contribution in [0.5, 0.6) is 0 Å². The van der Waals surface area contributed by atoms with Gasteiger partial charge in [-0.15, -0.1) is 0 Å². The van der Waals surface area contributed by atoms with E-state index in [4.69, 9.17) is 4.74 Å². The Morgan fingerprint density at radius 2 is 2.13 bits per heavy atom. The largest absolute Gasteiger partial charge is 0.372 e. The van der Waals surface area contributed by atoms with E-state index in [1.165, 1.54) is 29.4 Å². The van der Waals surface area contributed by atoms with Crippen molar-refractivity contribution in [3.05, 3.63) is 36.0 Å². The molecule has 1 atom stereocenters. The van der Waals surface area contributed by atoms with Crippen molar-refractivity contribution in [2.45, 2.75) is 25.4 Å². The Bertz CT molecular complexity index is 421. The normalized spacial score (nSPS) is 22.0. The minimum Gasteiger partial charge on any atom is -0.372 e. The first-order valence-corrected chi connectivity index (χ1v) is 5.63. The topological polar surface area (TPSA) is 25.0 Å². The second-order valence-corrected chi connectivity index (χ2v) is 4.17. The molecule has 2 heteroatoms. The van der Waals surface area contributed by atoms with Crippen molar-refractivity contribution in [3.8, 4) is 0 Å². The van der Waals surface area contributed by atoms with Crippen molar-refractivity contribution in [2.24, 2.45) is 0 Å². The second-order valence-electron chi connectivity index (χ2n) is 4.17. The molecule has 2 aromatic rings. The number of fused-ring (bicyclic) bond motifs is 1. The van der Waals surface area contributed by atoms with Gasteiger partial charge in [-0.3, -0.25) is 0 Å². The average molecular weight is 201 g/mol. The van der Waals surface area contributed by atoms with Crippen LogP contribution < -0.4 is 0 Å². The Kier molecular flexibility index (Phi) is 2.22. The molecule has 0 radical (unpaired) electrons. The molecule has 2 heterocycles. The first-order valence-electron chi connectivity index (χ1n) is 5.63. The van der Waals surface area contributed by atoms with Crippen molar-refractivity contribution < 1.29 is 4.74 Å². The van der Waals surface area contributed by atoms with E-state index in [2.05, 4.69) is 35.3 Å². The molecule has 0 spiro atoms. The summed E-state index contributed by atoms with van der Waals surface area (Å²) in [6, 6.07) is 10.6. The van der Waals surface area contributed by atoms with E-state index in [-0.39, 0.29) is 6.10 Å². The highest BCUT2D eigenvalue weighted by molar-refractivity contribution is 5.80. The lowest BCUT2D eigenvalue weighted by Gasteiger charge is -2.21. The lowest BCUT2D eigenvalue weighted by Crippen LogP contribution is -2.11. The molecule has 1 aliphatic rings. The van der Waals surface area contributed by atoms with Crippen LogP contribution in [0.4, 0.5) is 0 Å². The van der Waals surface area contributed by atoms with Crippen LogP contribution in [0.2, 0.25) is 0 Å². The highest BCUT2D eigenvalue weighted by atomic mass is 16.5. The number of hydrogen-bond donors (Lipinski definition) is 1. The third-order valence-corrected chi connectivity index (χ3v) is 3.08. The minimum atomic E-state index is 0.283. The van der Waals surface area contributed by atoms with Gasteiger partial charge >= 0.3 is 0 Å². The summed E-state index contributed by atoms with van der Waals surface area (Å²) < 4.78 is 5.76. The number of para-hydroxylation sites is 1. The number of ether oxygens (including phenoxy) is 1. The Morgan fingerprint density at radius 3 is 2.93 bits per heavy atom. The van der Waals surface area contributed by atoms with Crippen molar-refractivity contribution in [1.82, 2.24) is 4.98 Å². The number of H-pyrrole nitrogens is 1. The van der Waals surface area contributed by atoms with Crippen LogP contribution in [0.15, 0.2) is 30.3 Å². The Balaban J connectivity index is 1.96. The zero-order valence-electron chi connectivity index (χ0n) is 8.70. The quantitative estimate of drug-likeness (QED) is 0.751. The molecule has 15 heavy (non-hydrogen) atoms. The summed E-state index contributed by atoms with van der Waals surface area (Å²) >= 11 is 0. The molecule has 1 fully saturated rings. The molecule has 0 saturated carbocycles. The number of benzene rings is 1. The summed E-state index contributed by atoms with van der Waals surface area (Å²) in [4.78, 5) is 3.44. The van der Waals surface area contributed by atoms with Crippen LogP contribution in [0.25, 0.3) is 10.9 Å². The zero-order chi connectivity index (χ0) is 10.1. The summed E-state index contributed by atoms with van der Waals surface area (Å²) in [6.45, 7) is 0.903. The van der Waals surface area contributed by atoms with Crippen molar-refractivity contribution in [1.29, 1.82) is 0 Å².